The van der Waals surface area contributed by atoms with Gasteiger partial charge in [-0.05, 0) is 47.6 Å². The number of carbonyl (C=O) groups excluding carboxylic acids is 2. The Labute approximate surface area is 194 Å². The molecule has 1 saturated heterocycles. The van der Waals surface area contributed by atoms with Gasteiger partial charge in [0, 0.05) is 20.1 Å². The van der Waals surface area contributed by atoms with Gasteiger partial charge in [0.1, 0.15) is 5.82 Å². The highest BCUT2D eigenvalue weighted by molar-refractivity contribution is 5.84. The highest BCUT2D eigenvalue weighted by Gasteiger charge is 2.41. The lowest BCUT2D eigenvalue weighted by atomic mass is 9.72. The van der Waals surface area contributed by atoms with Crippen LogP contribution in [0, 0.1) is 11.2 Å². The van der Waals surface area contributed by atoms with E-state index in [-0.39, 0.29) is 24.1 Å². The van der Waals surface area contributed by atoms with Crippen LogP contribution in [0.3, 0.4) is 0 Å². The van der Waals surface area contributed by atoms with Crippen molar-refractivity contribution in [3.63, 3.8) is 0 Å². The van der Waals surface area contributed by atoms with Crippen molar-refractivity contribution in [3.8, 4) is 11.1 Å². The molecule has 0 bridgehead atoms. The summed E-state index contributed by atoms with van der Waals surface area (Å²) in [7, 11) is 1.67. The van der Waals surface area contributed by atoms with Crippen LogP contribution in [-0.4, -0.2) is 36.9 Å². The minimum Gasteiger partial charge on any atom is -0.359 e. The molecule has 3 aromatic carbocycles. The van der Waals surface area contributed by atoms with Crippen molar-refractivity contribution in [2.24, 2.45) is 5.41 Å². The lowest BCUT2D eigenvalue weighted by Gasteiger charge is -2.40. The van der Waals surface area contributed by atoms with E-state index in [1.54, 1.807) is 30.1 Å². The van der Waals surface area contributed by atoms with Crippen molar-refractivity contribution in [3.05, 3.63) is 95.8 Å². The van der Waals surface area contributed by atoms with Crippen LogP contribution < -0.4 is 5.32 Å². The van der Waals surface area contributed by atoms with E-state index in [0.717, 1.165) is 16.7 Å². The molecule has 4 nitrogen and oxygen atoms in total. The van der Waals surface area contributed by atoms with Crippen LogP contribution in [0.25, 0.3) is 11.1 Å². The number of hydrogen-bond acceptors (Lipinski definition) is 2. The van der Waals surface area contributed by atoms with E-state index >= 15 is 0 Å². The molecule has 0 saturated carbocycles. The number of nitrogens with one attached hydrogen (secondary N) is 1. The van der Waals surface area contributed by atoms with Gasteiger partial charge in [-0.25, -0.2) is 4.39 Å². The summed E-state index contributed by atoms with van der Waals surface area (Å²) in [4.78, 5) is 27.5. The molecule has 0 aromatic heterocycles. The quantitative estimate of drug-likeness (QED) is 0.603. The fourth-order valence-electron chi connectivity index (χ4n) is 4.73. The van der Waals surface area contributed by atoms with Crippen molar-refractivity contribution in [2.75, 3.05) is 20.1 Å². The third-order valence-electron chi connectivity index (χ3n) is 6.66. The second kappa shape index (κ2) is 9.99. The molecule has 0 spiro atoms. The molecule has 1 aliphatic heterocycles. The first-order chi connectivity index (χ1) is 16.0. The minimum absolute atomic E-state index is 0.00816. The van der Waals surface area contributed by atoms with E-state index in [1.807, 2.05) is 24.3 Å². The maximum atomic E-state index is 14.0. The Kier molecular flexibility index (Phi) is 6.87. The molecule has 0 unspecified atom stereocenters. The molecule has 1 N–H and O–H groups in total. The van der Waals surface area contributed by atoms with Crippen molar-refractivity contribution in [1.29, 1.82) is 0 Å². The van der Waals surface area contributed by atoms with E-state index in [4.69, 9.17) is 0 Å². The summed E-state index contributed by atoms with van der Waals surface area (Å²) in [5.41, 5.74) is 3.20. The van der Waals surface area contributed by atoms with Gasteiger partial charge in [0.05, 0.1) is 11.8 Å². The highest BCUT2D eigenvalue weighted by atomic mass is 19.1. The highest BCUT2D eigenvalue weighted by Crippen LogP contribution is 2.36. The molecule has 170 valence electrons. The second-order valence-corrected chi connectivity index (χ2v) is 8.75. The van der Waals surface area contributed by atoms with E-state index in [1.165, 1.54) is 6.07 Å². The Balaban J connectivity index is 1.48. The van der Waals surface area contributed by atoms with Crippen LogP contribution in [-0.2, 0) is 22.4 Å². The molecule has 33 heavy (non-hydrogen) atoms. The smallest absolute Gasteiger partial charge is 0.227 e. The predicted molar refractivity (Wildman–Crippen MR) is 128 cm³/mol. The molecule has 1 fully saturated rings. The summed E-state index contributed by atoms with van der Waals surface area (Å²) in [5.74, 6) is -0.452. The first-order valence-electron chi connectivity index (χ1n) is 11.4. The number of amides is 2. The Hall–Kier alpha value is -3.47. The largest absolute Gasteiger partial charge is 0.359 e. The molecule has 4 rings (SSSR count). The van der Waals surface area contributed by atoms with Crippen molar-refractivity contribution < 1.29 is 14.0 Å². The number of benzene rings is 3. The Morgan fingerprint density at radius 3 is 2.27 bits per heavy atom. The van der Waals surface area contributed by atoms with Gasteiger partial charge in [0.25, 0.3) is 0 Å². The first-order valence-corrected chi connectivity index (χ1v) is 11.4. The standard InChI is InChI=1S/C28H29FN2O2/c1-30-27(33)28(20-21-8-7-12-23(18-21)22-9-3-2-4-10-22)14-16-31(17-15-28)26(32)19-24-11-5-6-13-25(24)29/h2-13,18H,14-17,19-20H2,1H3,(H,30,33). The molecular weight excluding hydrogens is 415 g/mol. The summed E-state index contributed by atoms with van der Waals surface area (Å²) < 4.78 is 14.0. The number of halogens is 1. The normalized spacial score (nSPS) is 15.2. The number of rotatable bonds is 6. The second-order valence-electron chi connectivity index (χ2n) is 8.75. The van der Waals surface area contributed by atoms with Crippen LogP contribution in [0.1, 0.15) is 24.0 Å². The molecular formula is C28H29FN2O2. The monoisotopic (exact) mass is 444 g/mol. The summed E-state index contributed by atoms with van der Waals surface area (Å²) in [6, 6.07) is 24.9. The van der Waals surface area contributed by atoms with Crippen LogP contribution in [0.15, 0.2) is 78.9 Å². The number of carbonyl (C=O) groups is 2. The van der Waals surface area contributed by atoms with Crippen LogP contribution in [0.5, 0.6) is 0 Å². The van der Waals surface area contributed by atoms with Gasteiger partial charge >= 0.3 is 0 Å². The van der Waals surface area contributed by atoms with Gasteiger partial charge in [0.15, 0.2) is 0 Å². The van der Waals surface area contributed by atoms with E-state index < -0.39 is 5.41 Å². The SMILES string of the molecule is CNC(=O)C1(Cc2cccc(-c3ccccc3)c2)CCN(C(=O)Cc2ccccc2F)CC1. The van der Waals surface area contributed by atoms with Gasteiger partial charge in [-0.3, -0.25) is 9.59 Å². The van der Waals surface area contributed by atoms with Crippen LogP contribution in [0.4, 0.5) is 4.39 Å². The molecule has 3 aromatic rings. The van der Waals surface area contributed by atoms with Gasteiger partial charge in [0.2, 0.25) is 11.8 Å². The average molecular weight is 445 g/mol. The molecule has 0 aliphatic carbocycles. The average Bonchev–Trinajstić information content (AvgIpc) is 2.86. The zero-order valence-corrected chi connectivity index (χ0v) is 18.9. The molecule has 0 radical (unpaired) electrons. The van der Waals surface area contributed by atoms with Crippen molar-refractivity contribution in [2.45, 2.75) is 25.7 Å². The lowest BCUT2D eigenvalue weighted by molar-refractivity contribution is -0.140. The summed E-state index contributed by atoms with van der Waals surface area (Å²) in [5, 5.41) is 2.84. The number of hydrogen-bond donors (Lipinski definition) is 1. The summed E-state index contributed by atoms with van der Waals surface area (Å²) >= 11 is 0. The third-order valence-corrected chi connectivity index (χ3v) is 6.66. The maximum Gasteiger partial charge on any atom is 0.227 e. The fraction of sp³-hybridized carbons (Fsp3) is 0.286. The van der Waals surface area contributed by atoms with Gasteiger partial charge < -0.3 is 10.2 Å². The van der Waals surface area contributed by atoms with Gasteiger partial charge in [-0.15, -0.1) is 0 Å². The fourth-order valence-corrected chi connectivity index (χ4v) is 4.73. The Bertz CT molecular complexity index is 1120. The lowest BCUT2D eigenvalue weighted by Crippen LogP contribution is -2.51. The topological polar surface area (TPSA) is 49.4 Å². The molecule has 1 aliphatic rings. The minimum atomic E-state index is -0.571. The van der Waals surface area contributed by atoms with Crippen molar-refractivity contribution >= 4 is 11.8 Å². The molecule has 1 heterocycles. The van der Waals surface area contributed by atoms with Gasteiger partial charge in [-0.1, -0.05) is 72.8 Å². The van der Waals surface area contributed by atoms with E-state index in [0.29, 0.717) is 37.9 Å². The number of piperidine rings is 1. The molecule has 2 amide bonds. The summed E-state index contributed by atoms with van der Waals surface area (Å²) in [6.07, 6.45) is 1.80. The predicted octanol–water partition coefficient (Wildman–Crippen LogP) is 4.63. The van der Waals surface area contributed by atoms with Crippen LogP contribution in [0.2, 0.25) is 0 Å². The van der Waals surface area contributed by atoms with E-state index in [2.05, 4.69) is 35.6 Å². The van der Waals surface area contributed by atoms with E-state index in [9.17, 15) is 14.0 Å². The zero-order valence-electron chi connectivity index (χ0n) is 18.9. The maximum absolute atomic E-state index is 14.0. The third kappa shape index (κ3) is 5.14. The van der Waals surface area contributed by atoms with Crippen molar-refractivity contribution in [1.82, 2.24) is 10.2 Å². The van der Waals surface area contributed by atoms with Crippen LogP contribution >= 0.6 is 0 Å². The molecule has 5 heteroatoms. The molecule has 0 atom stereocenters. The van der Waals surface area contributed by atoms with Gasteiger partial charge in [-0.2, -0.15) is 0 Å². The zero-order chi connectivity index (χ0) is 23.3. The number of nitrogens with zero attached hydrogens (tertiary/aromatic N) is 1. The Morgan fingerprint density at radius 2 is 1.58 bits per heavy atom. The number of likely N-dealkylation sites (tertiary alicyclic amines) is 1. The summed E-state index contributed by atoms with van der Waals surface area (Å²) in [6.45, 7) is 0.970. The first kappa shape index (κ1) is 22.7. The Morgan fingerprint density at radius 1 is 0.909 bits per heavy atom.